The number of nitrogens with one attached hydrogen (secondary N) is 1. The smallest absolute Gasteiger partial charge is 0.257 e. The zero-order chi connectivity index (χ0) is 21.9. The molecule has 0 aliphatic heterocycles. The lowest BCUT2D eigenvalue weighted by atomic mass is 10.2. The summed E-state index contributed by atoms with van der Waals surface area (Å²) in [5.41, 5.74) is 1.99. The fourth-order valence-corrected chi connectivity index (χ4v) is 5.80. The molecule has 0 unspecified atom stereocenters. The fraction of sp³-hybridized carbons (Fsp3) is 0.333. The normalized spacial score (nSPS) is 11.9. The summed E-state index contributed by atoms with van der Waals surface area (Å²) in [6, 6.07) is 9.68. The topological polar surface area (TPSA) is 79.4 Å². The van der Waals surface area contributed by atoms with Gasteiger partial charge in [0.25, 0.3) is 5.91 Å². The highest BCUT2D eigenvalue weighted by Gasteiger charge is 2.23. The van der Waals surface area contributed by atoms with E-state index in [1.165, 1.54) is 39.9 Å². The Morgan fingerprint density at radius 3 is 2.33 bits per heavy atom. The van der Waals surface area contributed by atoms with Crippen LogP contribution in [-0.4, -0.2) is 36.7 Å². The maximum absolute atomic E-state index is 12.8. The van der Waals surface area contributed by atoms with Gasteiger partial charge in [0.15, 0.2) is 5.13 Å². The first-order valence-electron chi connectivity index (χ1n) is 9.75. The van der Waals surface area contributed by atoms with Gasteiger partial charge in [-0.2, -0.15) is 4.31 Å². The summed E-state index contributed by atoms with van der Waals surface area (Å²) < 4.78 is 28.1. The summed E-state index contributed by atoms with van der Waals surface area (Å²) in [7, 11) is -3.57. The zero-order valence-electron chi connectivity index (χ0n) is 17.1. The summed E-state index contributed by atoms with van der Waals surface area (Å²) >= 11 is 7.50. The van der Waals surface area contributed by atoms with Crippen LogP contribution < -0.4 is 5.32 Å². The molecule has 3 aromatic rings. The molecule has 2 aromatic carbocycles. The summed E-state index contributed by atoms with van der Waals surface area (Å²) in [6.45, 7) is 6.72. The second-order valence-corrected chi connectivity index (χ2v) is 10.3. The molecule has 0 saturated heterocycles. The number of anilines is 1. The van der Waals surface area contributed by atoms with E-state index in [4.69, 9.17) is 11.6 Å². The van der Waals surface area contributed by atoms with E-state index in [2.05, 4.69) is 10.3 Å². The maximum atomic E-state index is 12.8. The Kier molecular flexibility index (Phi) is 7.13. The number of aryl methyl sites for hydroxylation is 1. The maximum Gasteiger partial charge on any atom is 0.257 e. The zero-order valence-corrected chi connectivity index (χ0v) is 19.5. The Morgan fingerprint density at radius 2 is 1.73 bits per heavy atom. The predicted octanol–water partition coefficient (Wildman–Crippen LogP) is 5.32. The highest BCUT2D eigenvalue weighted by molar-refractivity contribution is 7.89. The highest BCUT2D eigenvalue weighted by Crippen LogP contribution is 2.31. The van der Waals surface area contributed by atoms with Crippen molar-refractivity contribution in [2.75, 3.05) is 18.4 Å². The van der Waals surface area contributed by atoms with Gasteiger partial charge in [-0.15, -0.1) is 0 Å². The fourth-order valence-electron chi connectivity index (χ4n) is 3.10. The number of aromatic nitrogens is 1. The summed E-state index contributed by atoms with van der Waals surface area (Å²) in [4.78, 5) is 17.3. The van der Waals surface area contributed by atoms with Gasteiger partial charge in [0.1, 0.15) is 0 Å². The third-order valence-electron chi connectivity index (χ3n) is 4.67. The molecule has 160 valence electrons. The molecule has 30 heavy (non-hydrogen) atoms. The Hall–Kier alpha value is -2.00. The quantitative estimate of drug-likeness (QED) is 0.488. The lowest BCUT2D eigenvalue weighted by molar-refractivity contribution is 0.102. The molecule has 0 aliphatic carbocycles. The number of carbonyl (C=O) groups excluding carboxylic acids is 1. The molecule has 1 N–H and O–H groups in total. The van der Waals surface area contributed by atoms with Crippen LogP contribution in [0.1, 0.15) is 42.6 Å². The van der Waals surface area contributed by atoms with Crippen molar-refractivity contribution in [1.82, 2.24) is 9.29 Å². The first-order valence-corrected chi connectivity index (χ1v) is 12.4. The van der Waals surface area contributed by atoms with Gasteiger partial charge in [0.05, 0.1) is 15.1 Å². The van der Waals surface area contributed by atoms with E-state index in [0.717, 1.165) is 28.6 Å². The van der Waals surface area contributed by atoms with Gasteiger partial charge >= 0.3 is 0 Å². The van der Waals surface area contributed by atoms with Crippen molar-refractivity contribution in [2.24, 2.45) is 0 Å². The van der Waals surface area contributed by atoms with Crippen molar-refractivity contribution in [1.29, 1.82) is 0 Å². The van der Waals surface area contributed by atoms with E-state index < -0.39 is 10.0 Å². The van der Waals surface area contributed by atoms with Crippen LogP contribution in [0.5, 0.6) is 0 Å². The Morgan fingerprint density at radius 1 is 1.10 bits per heavy atom. The number of hydrogen-bond donors (Lipinski definition) is 1. The summed E-state index contributed by atoms with van der Waals surface area (Å²) in [6.07, 6.45) is 1.49. The third-order valence-corrected chi connectivity index (χ3v) is 7.93. The first kappa shape index (κ1) is 22.7. The van der Waals surface area contributed by atoms with Gasteiger partial charge in [0, 0.05) is 23.7 Å². The average Bonchev–Trinajstić information content (AvgIpc) is 3.14. The van der Waals surface area contributed by atoms with Gasteiger partial charge in [-0.25, -0.2) is 13.4 Å². The Labute approximate surface area is 185 Å². The van der Waals surface area contributed by atoms with Gasteiger partial charge in [-0.3, -0.25) is 10.1 Å². The number of thiazole rings is 1. The number of halogens is 1. The molecule has 6 nitrogen and oxygen atoms in total. The van der Waals surface area contributed by atoms with Crippen LogP contribution in [0.2, 0.25) is 5.02 Å². The van der Waals surface area contributed by atoms with Crippen LogP contribution in [-0.2, 0) is 10.0 Å². The van der Waals surface area contributed by atoms with E-state index in [9.17, 15) is 13.2 Å². The van der Waals surface area contributed by atoms with Gasteiger partial charge in [-0.05, 0) is 61.7 Å². The van der Waals surface area contributed by atoms with Crippen LogP contribution >= 0.6 is 22.9 Å². The standard InChI is InChI=1S/C21H24ClN3O3S2/c1-4-12-25(13-5-2)30(27,28)16-8-6-15(7-9-16)20(26)24-21-23-19-14(3)17(22)10-11-18(19)29-21/h6-11H,4-5,12-13H2,1-3H3,(H,23,24,26). The number of carbonyl (C=O) groups is 1. The molecule has 0 spiro atoms. The summed E-state index contributed by atoms with van der Waals surface area (Å²) in [5.74, 6) is -0.347. The first-order chi connectivity index (χ1) is 14.3. The number of nitrogens with zero attached hydrogens (tertiary/aromatic N) is 2. The molecule has 0 aliphatic rings. The van der Waals surface area contributed by atoms with E-state index in [-0.39, 0.29) is 10.8 Å². The minimum absolute atomic E-state index is 0.186. The largest absolute Gasteiger partial charge is 0.298 e. The van der Waals surface area contributed by atoms with E-state index >= 15 is 0 Å². The van der Waals surface area contributed by atoms with Gasteiger partial charge in [0.2, 0.25) is 10.0 Å². The molecule has 0 saturated carbocycles. The number of fused-ring (bicyclic) bond motifs is 1. The molecule has 1 heterocycles. The van der Waals surface area contributed by atoms with Crippen LogP contribution in [0.25, 0.3) is 10.2 Å². The lowest BCUT2D eigenvalue weighted by Crippen LogP contribution is -2.32. The number of sulfonamides is 1. The SMILES string of the molecule is CCCN(CCC)S(=O)(=O)c1ccc(C(=O)Nc2nc3c(C)c(Cl)ccc3s2)cc1. The Bertz CT molecular complexity index is 1150. The van der Waals surface area contributed by atoms with Crippen molar-refractivity contribution < 1.29 is 13.2 Å². The summed E-state index contributed by atoms with van der Waals surface area (Å²) in [5, 5.41) is 3.88. The predicted molar refractivity (Wildman–Crippen MR) is 123 cm³/mol. The Balaban J connectivity index is 1.79. The molecule has 1 aromatic heterocycles. The third kappa shape index (κ3) is 4.67. The lowest BCUT2D eigenvalue weighted by Gasteiger charge is -2.21. The molecule has 9 heteroatoms. The van der Waals surface area contributed by atoms with Gasteiger partial charge < -0.3 is 0 Å². The van der Waals surface area contributed by atoms with Crippen LogP contribution in [0.15, 0.2) is 41.3 Å². The minimum atomic E-state index is -3.57. The van der Waals surface area contributed by atoms with E-state index in [1.54, 1.807) is 0 Å². The molecule has 0 fully saturated rings. The molecule has 0 atom stereocenters. The van der Waals surface area contributed by atoms with E-state index in [1.807, 2.05) is 32.9 Å². The molecule has 1 amide bonds. The highest BCUT2D eigenvalue weighted by atomic mass is 35.5. The van der Waals surface area contributed by atoms with Crippen molar-refractivity contribution in [3.63, 3.8) is 0 Å². The molecular formula is C21H24ClN3O3S2. The second-order valence-electron chi connectivity index (χ2n) is 6.92. The molecule has 3 rings (SSSR count). The molecule has 0 bridgehead atoms. The van der Waals surface area contributed by atoms with Crippen LogP contribution in [0.4, 0.5) is 5.13 Å². The monoisotopic (exact) mass is 465 g/mol. The average molecular weight is 466 g/mol. The molecule has 0 radical (unpaired) electrons. The van der Waals surface area contributed by atoms with Crippen molar-refractivity contribution >= 4 is 54.2 Å². The van der Waals surface area contributed by atoms with Gasteiger partial charge in [-0.1, -0.05) is 36.8 Å². The molecular weight excluding hydrogens is 442 g/mol. The number of hydrogen-bond acceptors (Lipinski definition) is 5. The second kappa shape index (κ2) is 9.43. The van der Waals surface area contributed by atoms with Crippen LogP contribution in [0, 0.1) is 6.92 Å². The minimum Gasteiger partial charge on any atom is -0.298 e. The number of amides is 1. The van der Waals surface area contributed by atoms with Crippen LogP contribution in [0.3, 0.4) is 0 Å². The van der Waals surface area contributed by atoms with Crippen molar-refractivity contribution in [3.05, 3.63) is 52.5 Å². The van der Waals surface area contributed by atoms with Crippen molar-refractivity contribution in [3.8, 4) is 0 Å². The number of benzene rings is 2. The van der Waals surface area contributed by atoms with Crippen molar-refractivity contribution in [2.45, 2.75) is 38.5 Å². The van der Waals surface area contributed by atoms with E-state index in [0.29, 0.717) is 28.8 Å². The number of rotatable bonds is 8.